The summed E-state index contributed by atoms with van der Waals surface area (Å²) in [5, 5.41) is 9.15. The van der Waals surface area contributed by atoms with Gasteiger partial charge in [-0.3, -0.25) is 0 Å². The zero-order valence-electron chi connectivity index (χ0n) is 12.3. The van der Waals surface area contributed by atoms with Gasteiger partial charge in [-0.05, 0) is 12.0 Å². The highest BCUT2D eigenvalue weighted by Crippen LogP contribution is 2.20. The summed E-state index contributed by atoms with van der Waals surface area (Å²) in [5.41, 5.74) is 0.375. The number of carbonyl (C=O) groups is 1. The summed E-state index contributed by atoms with van der Waals surface area (Å²) < 4.78 is 28.1. The van der Waals surface area contributed by atoms with Gasteiger partial charge in [-0.1, -0.05) is 30.3 Å². The average molecular weight is 321 g/mol. The summed E-state index contributed by atoms with van der Waals surface area (Å²) in [6, 6.07) is 6.12. The van der Waals surface area contributed by atoms with E-state index in [9.17, 15) is 13.6 Å². The summed E-state index contributed by atoms with van der Waals surface area (Å²) in [5.74, 6) is 0.873. The first-order chi connectivity index (χ1) is 11.1. The third-order valence-corrected chi connectivity index (χ3v) is 3.84. The number of aromatic nitrogens is 3. The van der Waals surface area contributed by atoms with Crippen molar-refractivity contribution >= 4 is 6.03 Å². The Kier molecular flexibility index (Phi) is 4.50. The van der Waals surface area contributed by atoms with Gasteiger partial charge in [0.25, 0.3) is 6.43 Å². The van der Waals surface area contributed by atoms with Gasteiger partial charge in [0.15, 0.2) is 0 Å². The molecule has 23 heavy (non-hydrogen) atoms. The Morgan fingerprint density at radius 2 is 2.09 bits per heavy atom. The van der Waals surface area contributed by atoms with Crippen LogP contribution in [0.4, 0.5) is 13.6 Å². The number of halogens is 2. The van der Waals surface area contributed by atoms with Gasteiger partial charge in [0.2, 0.25) is 0 Å². The maximum Gasteiger partial charge on any atom is 0.315 e. The molecule has 1 aliphatic heterocycles. The van der Waals surface area contributed by atoms with Crippen LogP contribution in [-0.4, -0.2) is 33.3 Å². The molecule has 0 radical (unpaired) electrons. The number of nitrogens with one attached hydrogen (secondary N) is 2. The van der Waals surface area contributed by atoms with Crippen LogP contribution in [0.5, 0.6) is 0 Å². The number of amides is 2. The molecule has 0 saturated heterocycles. The molecular weight excluding hydrogens is 304 g/mol. The molecular formula is C15H17F2N5O. The van der Waals surface area contributed by atoms with E-state index in [0.29, 0.717) is 24.9 Å². The molecule has 0 saturated carbocycles. The van der Waals surface area contributed by atoms with Gasteiger partial charge in [0.1, 0.15) is 18.2 Å². The van der Waals surface area contributed by atoms with Gasteiger partial charge in [0, 0.05) is 6.42 Å². The van der Waals surface area contributed by atoms with E-state index in [4.69, 9.17) is 0 Å². The Morgan fingerprint density at radius 3 is 2.83 bits per heavy atom. The van der Waals surface area contributed by atoms with Crippen molar-refractivity contribution in [3.05, 3.63) is 48.0 Å². The highest BCUT2D eigenvalue weighted by Gasteiger charge is 2.26. The SMILES string of the molecule is O=C(N[C@@H]1CCc2ncnn2C1)N[C@H](c1ccccc1)C(F)F. The lowest BCUT2D eigenvalue weighted by molar-refractivity contribution is 0.101. The van der Waals surface area contributed by atoms with Crippen molar-refractivity contribution in [3.63, 3.8) is 0 Å². The number of hydrogen-bond donors (Lipinski definition) is 2. The van der Waals surface area contributed by atoms with Crippen LogP contribution in [0, 0.1) is 0 Å². The van der Waals surface area contributed by atoms with Crippen molar-refractivity contribution in [1.82, 2.24) is 25.4 Å². The summed E-state index contributed by atoms with van der Waals surface area (Å²) in [7, 11) is 0. The van der Waals surface area contributed by atoms with Crippen molar-refractivity contribution in [2.24, 2.45) is 0 Å². The minimum atomic E-state index is -2.68. The number of aryl methyl sites for hydroxylation is 1. The van der Waals surface area contributed by atoms with Crippen molar-refractivity contribution in [2.75, 3.05) is 0 Å². The van der Waals surface area contributed by atoms with Crippen molar-refractivity contribution in [1.29, 1.82) is 0 Å². The molecule has 0 aliphatic carbocycles. The highest BCUT2D eigenvalue weighted by molar-refractivity contribution is 5.74. The minimum absolute atomic E-state index is 0.154. The highest BCUT2D eigenvalue weighted by atomic mass is 19.3. The van der Waals surface area contributed by atoms with E-state index in [2.05, 4.69) is 20.7 Å². The van der Waals surface area contributed by atoms with Gasteiger partial charge >= 0.3 is 6.03 Å². The normalized spacial score (nSPS) is 18.3. The molecule has 122 valence electrons. The lowest BCUT2D eigenvalue weighted by atomic mass is 10.1. The van der Waals surface area contributed by atoms with Crippen LogP contribution in [0.15, 0.2) is 36.7 Å². The Hall–Kier alpha value is -2.51. The Morgan fingerprint density at radius 1 is 1.30 bits per heavy atom. The second kappa shape index (κ2) is 6.72. The Balaban J connectivity index is 1.60. The molecule has 2 atom stereocenters. The summed E-state index contributed by atoms with van der Waals surface area (Å²) >= 11 is 0. The molecule has 1 aliphatic rings. The minimum Gasteiger partial charge on any atom is -0.334 e. The molecule has 0 bridgehead atoms. The van der Waals surface area contributed by atoms with E-state index in [0.717, 1.165) is 5.82 Å². The van der Waals surface area contributed by atoms with Crippen LogP contribution < -0.4 is 10.6 Å². The maximum atomic E-state index is 13.2. The summed E-state index contributed by atoms with van der Waals surface area (Å²) in [6.07, 6.45) is 0.190. The monoisotopic (exact) mass is 321 g/mol. The van der Waals surface area contributed by atoms with Crippen molar-refractivity contribution in [3.8, 4) is 0 Å². The maximum absolute atomic E-state index is 13.2. The third-order valence-electron chi connectivity index (χ3n) is 3.84. The number of fused-ring (bicyclic) bond motifs is 1. The smallest absolute Gasteiger partial charge is 0.315 e. The van der Waals surface area contributed by atoms with Crippen LogP contribution in [-0.2, 0) is 13.0 Å². The van der Waals surface area contributed by atoms with Gasteiger partial charge in [-0.25, -0.2) is 23.2 Å². The second-order valence-corrected chi connectivity index (χ2v) is 5.43. The number of carbonyl (C=O) groups excluding carboxylic acids is 1. The predicted molar refractivity (Wildman–Crippen MR) is 79.0 cm³/mol. The third kappa shape index (κ3) is 3.64. The number of rotatable bonds is 4. The first-order valence-electron chi connectivity index (χ1n) is 7.40. The molecule has 3 rings (SSSR count). The molecule has 0 fully saturated rings. The summed E-state index contributed by atoms with van der Waals surface area (Å²) in [6.45, 7) is 0.493. The van der Waals surface area contributed by atoms with Crippen LogP contribution in [0.3, 0.4) is 0 Å². The number of nitrogens with zero attached hydrogens (tertiary/aromatic N) is 3. The lowest BCUT2D eigenvalue weighted by Crippen LogP contribution is -2.48. The van der Waals surface area contributed by atoms with Crippen LogP contribution in [0.2, 0.25) is 0 Å². The second-order valence-electron chi connectivity index (χ2n) is 5.43. The number of urea groups is 1. The van der Waals surface area contributed by atoms with Crippen LogP contribution in [0.1, 0.15) is 23.9 Å². The first-order valence-corrected chi connectivity index (χ1v) is 7.40. The largest absolute Gasteiger partial charge is 0.334 e. The van der Waals surface area contributed by atoms with E-state index in [1.165, 1.54) is 6.33 Å². The number of hydrogen-bond acceptors (Lipinski definition) is 3. The molecule has 6 nitrogen and oxygen atoms in total. The fourth-order valence-corrected chi connectivity index (χ4v) is 2.68. The average Bonchev–Trinajstić information content (AvgIpc) is 3.01. The van der Waals surface area contributed by atoms with Gasteiger partial charge in [0.05, 0.1) is 12.6 Å². The molecule has 0 spiro atoms. The standard InChI is InChI=1S/C15H17F2N5O/c16-14(17)13(10-4-2-1-3-5-10)21-15(23)20-11-6-7-12-18-9-19-22(12)8-11/h1-5,9,11,13-14H,6-8H2,(H2,20,21,23)/t11-,13-/m1/s1. The Labute approximate surface area is 131 Å². The quantitative estimate of drug-likeness (QED) is 0.903. The van der Waals surface area contributed by atoms with Crippen LogP contribution in [0.25, 0.3) is 0 Å². The molecule has 1 aromatic carbocycles. The molecule has 2 aromatic rings. The zero-order chi connectivity index (χ0) is 16.2. The number of alkyl halides is 2. The molecule has 1 aromatic heterocycles. The predicted octanol–water partition coefficient (Wildman–Crippen LogP) is 1.90. The summed E-state index contributed by atoms with van der Waals surface area (Å²) in [4.78, 5) is 16.2. The topological polar surface area (TPSA) is 71.8 Å². The van der Waals surface area contributed by atoms with Gasteiger partial charge in [-0.2, -0.15) is 5.10 Å². The van der Waals surface area contributed by atoms with E-state index >= 15 is 0 Å². The first kappa shape index (κ1) is 15.4. The molecule has 8 heteroatoms. The van der Waals surface area contributed by atoms with Gasteiger partial charge < -0.3 is 10.6 Å². The molecule has 2 heterocycles. The van der Waals surface area contributed by atoms with E-state index in [1.807, 2.05) is 0 Å². The molecule has 2 amide bonds. The molecule has 2 N–H and O–H groups in total. The fourth-order valence-electron chi connectivity index (χ4n) is 2.68. The van der Waals surface area contributed by atoms with Gasteiger partial charge in [-0.15, -0.1) is 0 Å². The number of benzene rings is 1. The Bertz CT molecular complexity index is 661. The molecule has 0 unspecified atom stereocenters. The fraction of sp³-hybridized carbons (Fsp3) is 0.400. The lowest BCUT2D eigenvalue weighted by Gasteiger charge is -2.25. The van der Waals surface area contributed by atoms with E-state index < -0.39 is 18.5 Å². The van der Waals surface area contributed by atoms with Crippen molar-refractivity contribution < 1.29 is 13.6 Å². The zero-order valence-corrected chi connectivity index (χ0v) is 12.3. The van der Waals surface area contributed by atoms with E-state index in [-0.39, 0.29) is 6.04 Å². The van der Waals surface area contributed by atoms with Crippen molar-refractivity contribution in [2.45, 2.75) is 37.9 Å². The van der Waals surface area contributed by atoms with E-state index in [1.54, 1.807) is 35.0 Å². The van der Waals surface area contributed by atoms with Crippen LogP contribution >= 0.6 is 0 Å².